The lowest BCUT2D eigenvalue weighted by molar-refractivity contribution is -0.141. The molecule has 1 fully saturated rings. The first-order valence-electron chi connectivity index (χ1n) is 7.36. The van der Waals surface area contributed by atoms with E-state index in [0.29, 0.717) is 24.2 Å². The van der Waals surface area contributed by atoms with Crippen LogP contribution < -0.4 is 11.1 Å². The van der Waals surface area contributed by atoms with Gasteiger partial charge in [0.25, 0.3) is 5.91 Å². The molecule has 2 atom stereocenters. The third kappa shape index (κ3) is 2.70. The van der Waals surface area contributed by atoms with Crippen molar-refractivity contribution in [2.24, 2.45) is 11.7 Å². The first kappa shape index (κ1) is 13.9. The number of carbonyl (C=O) groups excluding carboxylic acids is 1. The van der Waals surface area contributed by atoms with Gasteiger partial charge in [-0.05, 0) is 50.2 Å². The Hall–Kier alpha value is -2.11. The number of primary amides is 1. The van der Waals surface area contributed by atoms with Crippen molar-refractivity contribution in [3.8, 4) is 0 Å². The molecule has 1 aromatic rings. The molecule has 1 aromatic heterocycles. The minimum absolute atomic E-state index is 0.0381. The number of aliphatic carboxylic acids is 1. The molecule has 2 aliphatic carbocycles. The van der Waals surface area contributed by atoms with Crippen LogP contribution in [0, 0.1) is 5.92 Å². The summed E-state index contributed by atoms with van der Waals surface area (Å²) in [4.78, 5) is 27.2. The maximum atomic E-state index is 11.6. The number of hydrogen-bond acceptors (Lipinski definition) is 4. The van der Waals surface area contributed by atoms with E-state index in [0.717, 1.165) is 36.9 Å². The van der Waals surface area contributed by atoms with E-state index < -0.39 is 11.9 Å². The number of hydrogen-bond donors (Lipinski definition) is 3. The van der Waals surface area contributed by atoms with Crippen molar-refractivity contribution in [3.63, 3.8) is 0 Å². The van der Waals surface area contributed by atoms with E-state index in [1.807, 2.05) is 6.07 Å². The highest BCUT2D eigenvalue weighted by Gasteiger charge is 2.31. The highest BCUT2D eigenvalue weighted by atomic mass is 16.4. The lowest BCUT2D eigenvalue weighted by atomic mass is 10.1. The van der Waals surface area contributed by atoms with Crippen LogP contribution in [0.3, 0.4) is 0 Å². The molecule has 6 nitrogen and oxygen atoms in total. The van der Waals surface area contributed by atoms with Crippen LogP contribution >= 0.6 is 0 Å². The number of aryl methyl sites for hydroxylation is 2. The van der Waals surface area contributed by atoms with Gasteiger partial charge in [-0.25, -0.2) is 4.98 Å². The monoisotopic (exact) mass is 289 g/mol. The van der Waals surface area contributed by atoms with Gasteiger partial charge >= 0.3 is 5.97 Å². The molecular weight excluding hydrogens is 270 g/mol. The number of rotatable bonds is 4. The highest BCUT2D eigenvalue weighted by molar-refractivity contribution is 5.98. The molecule has 112 valence electrons. The molecule has 1 amide bonds. The molecule has 21 heavy (non-hydrogen) atoms. The average molecular weight is 289 g/mol. The quantitative estimate of drug-likeness (QED) is 0.775. The van der Waals surface area contributed by atoms with Crippen LogP contribution in [0.1, 0.15) is 47.3 Å². The third-order valence-corrected chi connectivity index (χ3v) is 4.44. The standard InChI is InChI=1S/C15H19N3O3/c16-13(19)11-7-8-2-1-3-12(8)18-14(11)17-10-5-4-9(6-10)15(20)21/h7,9-10H,1-6H2,(H2,16,19)(H,17,18)(H,20,21)/t9-,10+/m1/s1. The van der Waals surface area contributed by atoms with Crippen molar-refractivity contribution in [3.05, 3.63) is 22.9 Å². The summed E-state index contributed by atoms with van der Waals surface area (Å²) in [6.45, 7) is 0. The van der Waals surface area contributed by atoms with Gasteiger partial charge in [0.2, 0.25) is 0 Å². The molecule has 3 rings (SSSR count). The molecule has 0 unspecified atom stereocenters. The summed E-state index contributed by atoms with van der Waals surface area (Å²) in [5, 5.41) is 12.3. The lowest BCUT2D eigenvalue weighted by Crippen LogP contribution is -2.23. The van der Waals surface area contributed by atoms with Gasteiger partial charge in [-0.3, -0.25) is 9.59 Å². The van der Waals surface area contributed by atoms with Crippen LogP contribution in [0.5, 0.6) is 0 Å². The Morgan fingerprint density at radius 3 is 2.81 bits per heavy atom. The van der Waals surface area contributed by atoms with E-state index in [9.17, 15) is 9.59 Å². The molecule has 0 aromatic carbocycles. The number of carbonyl (C=O) groups is 2. The Labute approximate surface area is 122 Å². The number of nitrogens with one attached hydrogen (secondary N) is 1. The maximum absolute atomic E-state index is 11.6. The second kappa shape index (κ2) is 5.35. The van der Waals surface area contributed by atoms with E-state index >= 15 is 0 Å². The summed E-state index contributed by atoms with van der Waals surface area (Å²) < 4.78 is 0. The first-order valence-corrected chi connectivity index (χ1v) is 7.36. The topological polar surface area (TPSA) is 105 Å². The predicted octanol–water partition coefficient (Wildman–Crippen LogP) is 1.33. The number of amides is 1. The van der Waals surface area contributed by atoms with E-state index in [2.05, 4.69) is 10.3 Å². The molecule has 0 saturated heterocycles. The van der Waals surface area contributed by atoms with Gasteiger partial charge in [0.15, 0.2) is 0 Å². The van der Waals surface area contributed by atoms with E-state index in [1.54, 1.807) is 0 Å². The predicted molar refractivity (Wildman–Crippen MR) is 77.2 cm³/mol. The fourth-order valence-corrected chi connectivity index (χ4v) is 3.30. The number of pyridine rings is 1. The van der Waals surface area contributed by atoms with Crippen LogP contribution in [0.25, 0.3) is 0 Å². The smallest absolute Gasteiger partial charge is 0.306 e. The van der Waals surface area contributed by atoms with E-state index in [-0.39, 0.29) is 12.0 Å². The normalized spacial score (nSPS) is 23.8. The average Bonchev–Trinajstić information content (AvgIpc) is 3.05. The molecule has 0 spiro atoms. The van der Waals surface area contributed by atoms with Crippen molar-refractivity contribution in [2.75, 3.05) is 5.32 Å². The van der Waals surface area contributed by atoms with Gasteiger partial charge in [0.05, 0.1) is 11.5 Å². The molecule has 0 aliphatic heterocycles. The maximum Gasteiger partial charge on any atom is 0.306 e. The SMILES string of the molecule is NC(=O)c1cc2c(nc1N[C@H]1CC[C@@H](C(=O)O)C1)CCC2. The Morgan fingerprint density at radius 2 is 2.14 bits per heavy atom. The molecular formula is C15H19N3O3. The summed E-state index contributed by atoms with van der Waals surface area (Å²) in [6.07, 6.45) is 4.90. The number of aromatic nitrogens is 1. The van der Waals surface area contributed by atoms with Crippen LogP contribution in [0.2, 0.25) is 0 Å². The summed E-state index contributed by atoms with van der Waals surface area (Å²) in [5.74, 6) is -1.04. The van der Waals surface area contributed by atoms with Crippen LogP contribution in [-0.2, 0) is 17.6 Å². The molecule has 1 saturated carbocycles. The summed E-state index contributed by atoms with van der Waals surface area (Å²) in [5.41, 5.74) is 7.98. The van der Waals surface area contributed by atoms with Gasteiger partial charge in [0.1, 0.15) is 5.82 Å². The Bertz CT molecular complexity index is 600. The summed E-state index contributed by atoms with van der Waals surface area (Å²) in [6, 6.07) is 1.88. The Balaban J connectivity index is 1.82. The lowest BCUT2D eigenvalue weighted by Gasteiger charge is -2.16. The summed E-state index contributed by atoms with van der Waals surface area (Å²) >= 11 is 0. The van der Waals surface area contributed by atoms with E-state index in [1.165, 1.54) is 0 Å². The minimum atomic E-state index is -0.753. The second-order valence-corrected chi connectivity index (χ2v) is 5.90. The van der Waals surface area contributed by atoms with Crippen molar-refractivity contribution in [2.45, 2.75) is 44.6 Å². The van der Waals surface area contributed by atoms with Gasteiger partial charge in [-0.15, -0.1) is 0 Å². The number of nitrogens with zero attached hydrogens (tertiary/aromatic N) is 1. The van der Waals surface area contributed by atoms with E-state index in [4.69, 9.17) is 10.8 Å². The van der Waals surface area contributed by atoms with Gasteiger partial charge in [-0.1, -0.05) is 0 Å². The van der Waals surface area contributed by atoms with Crippen molar-refractivity contribution < 1.29 is 14.7 Å². The zero-order chi connectivity index (χ0) is 15.0. The number of fused-ring (bicyclic) bond motifs is 1. The Morgan fingerprint density at radius 1 is 1.33 bits per heavy atom. The fraction of sp³-hybridized carbons (Fsp3) is 0.533. The molecule has 0 bridgehead atoms. The van der Waals surface area contributed by atoms with Crippen LogP contribution in [-0.4, -0.2) is 28.0 Å². The largest absolute Gasteiger partial charge is 0.481 e. The number of nitrogens with two attached hydrogens (primary N) is 1. The summed E-state index contributed by atoms with van der Waals surface area (Å²) in [7, 11) is 0. The van der Waals surface area contributed by atoms with Crippen LogP contribution in [0.4, 0.5) is 5.82 Å². The van der Waals surface area contributed by atoms with Gasteiger partial charge < -0.3 is 16.2 Å². The first-order chi connectivity index (χ1) is 10.0. The number of anilines is 1. The molecule has 0 radical (unpaired) electrons. The molecule has 2 aliphatic rings. The second-order valence-electron chi connectivity index (χ2n) is 5.90. The van der Waals surface area contributed by atoms with Gasteiger partial charge in [-0.2, -0.15) is 0 Å². The van der Waals surface area contributed by atoms with Crippen molar-refractivity contribution in [1.29, 1.82) is 0 Å². The zero-order valence-corrected chi connectivity index (χ0v) is 11.8. The molecule has 1 heterocycles. The van der Waals surface area contributed by atoms with Crippen molar-refractivity contribution in [1.82, 2.24) is 4.98 Å². The molecule has 6 heteroatoms. The van der Waals surface area contributed by atoms with Crippen molar-refractivity contribution >= 4 is 17.7 Å². The van der Waals surface area contributed by atoms with Gasteiger partial charge in [0, 0.05) is 11.7 Å². The molecule has 4 N–H and O–H groups in total. The highest BCUT2D eigenvalue weighted by Crippen LogP contribution is 2.30. The third-order valence-electron chi connectivity index (χ3n) is 4.44. The number of carboxylic acids is 1. The minimum Gasteiger partial charge on any atom is -0.481 e. The van der Waals surface area contributed by atoms with Crippen LogP contribution in [0.15, 0.2) is 6.07 Å². The zero-order valence-electron chi connectivity index (χ0n) is 11.8. The fourth-order valence-electron chi connectivity index (χ4n) is 3.30. The number of carboxylic acid groups (broad SMARTS) is 1. The Kier molecular flexibility index (Phi) is 3.53.